The molecule has 0 spiro atoms. The Balaban J connectivity index is 1.43. The highest BCUT2D eigenvalue weighted by molar-refractivity contribution is 5.67. The van der Waals surface area contributed by atoms with Gasteiger partial charge in [-0.3, -0.25) is 4.90 Å². The van der Waals surface area contributed by atoms with Gasteiger partial charge in [0.05, 0.1) is 6.10 Å². The normalized spacial score (nSPS) is 11.7. The highest BCUT2D eigenvalue weighted by Gasteiger charge is 2.14. The minimum atomic E-state index is -0.721. The van der Waals surface area contributed by atoms with Crippen LogP contribution in [0.4, 0.5) is 4.79 Å². The first-order valence-corrected chi connectivity index (χ1v) is 11.3. The summed E-state index contributed by atoms with van der Waals surface area (Å²) in [5.41, 5.74) is 2.15. The average molecular weight is 449 g/mol. The number of nitrogens with zero attached hydrogens (tertiary/aromatic N) is 1. The lowest BCUT2D eigenvalue weighted by atomic mass is 10.1. The van der Waals surface area contributed by atoms with E-state index >= 15 is 0 Å². The van der Waals surface area contributed by atoms with Crippen molar-refractivity contribution in [2.45, 2.75) is 19.1 Å². The van der Waals surface area contributed by atoms with E-state index in [0.717, 1.165) is 24.3 Å². The first-order chi connectivity index (χ1) is 16.2. The highest BCUT2D eigenvalue weighted by Crippen LogP contribution is 2.09. The Hall–Kier alpha value is -3.35. The maximum Gasteiger partial charge on any atom is 0.407 e. The van der Waals surface area contributed by atoms with Crippen molar-refractivity contribution in [2.24, 2.45) is 0 Å². The topological polar surface area (TPSA) is 71.0 Å². The van der Waals surface area contributed by atoms with E-state index in [0.29, 0.717) is 19.7 Å². The van der Waals surface area contributed by atoms with Crippen molar-refractivity contribution in [2.75, 3.05) is 32.8 Å². The van der Waals surface area contributed by atoms with Gasteiger partial charge in [0.2, 0.25) is 0 Å². The number of aliphatic hydroxyl groups is 1. The molecular weight excluding hydrogens is 416 g/mol. The second-order valence-electron chi connectivity index (χ2n) is 7.79. The number of alkyl carbamates (subject to hydrolysis) is 1. The van der Waals surface area contributed by atoms with Crippen LogP contribution in [0.2, 0.25) is 0 Å². The lowest BCUT2D eigenvalue weighted by Gasteiger charge is -2.25. The Morgan fingerprint density at radius 3 is 2.12 bits per heavy atom. The quantitative estimate of drug-likeness (QED) is 0.415. The fourth-order valence-electron chi connectivity index (χ4n) is 3.37. The fraction of sp³-hybridized carbons (Fsp3) is 0.296. The maximum atomic E-state index is 12.0. The van der Waals surface area contributed by atoms with E-state index in [1.807, 2.05) is 78.9 Å². The molecule has 3 aromatic carbocycles. The molecule has 0 saturated carbocycles. The zero-order chi connectivity index (χ0) is 23.1. The smallest absolute Gasteiger partial charge is 0.407 e. The molecule has 1 amide bonds. The molecule has 0 heterocycles. The highest BCUT2D eigenvalue weighted by atomic mass is 16.5. The Labute approximate surface area is 195 Å². The van der Waals surface area contributed by atoms with E-state index in [4.69, 9.17) is 9.47 Å². The van der Waals surface area contributed by atoms with Gasteiger partial charge >= 0.3 is 6.09 Å². The number of carbonyl (C=O) groups is 1. The molecule has 0 saturated heterocycles. The van der Waals surface area contributed by atoms with Crippen LogP contribution >= 0.6 is 0 Å². The summed E-state index contributed by atoms with van der Waals surface area (Å²) in [5.74, 6) is 0.823. The zero-order valence-corrected chi connectivity index (χ0v) is 18.8. The Morgan fingerprint density at radius 1 is 0.848 bits per heavy atom. The van der Waals surface area contributed by atoms with Gasteiger partial charge in [-0.2, -0.15) is 0 Å². The van der Waals surface area contributed by atoms with E-state index in [-0.39, 0.29) is 13.2 Å². The van der Waals surface area contributed by atoms with Crippen molar-refractivity contribution in [3.63, 3.8) is 0 Å². The monoisotopic (exact) mass is 448 g/mol. The Morgan fingerprint density at radius 2 is 1.45 bits per heavy atom. The van der Waals surface area contributed by atoms with Gasteiger partial charge in [-0.15, -0.1) is 0 Å². The molecule has 1 atom stereocenters. The molecule has 3 rings (SSSR count). The summed E-state index contributed by atoms with van der Waals surface area (Å²) in [5, 5.41) is 13.2. The zero-order valence-electron chi connectivity index (χ0n) is 18.8. The molecule has 0 radical (unpaired) electrons. The van der Waals surface area contributed by atoms with Crippen LogP contribution in [0.25, 0.3) is 0 Å². The number of carbonyl (C=O) groups excluding carboxylic acids is 1. The Bertz CT molecular complexity index is 923. The third-order valence-corrected chi connectivity index (χ3v) is 5.14. The third kappa shape index (κ3) is 9.76. The molecule has 33 heavy (non-hydrogen) atoms. The number of rotatable bonds is 13. The summed E-state index contributed by atoms with van der Waals surface area (Å²) >= 11 is 0. The van der Waals surface area contributed by atoms with Crippen LogP contribution in [0.5, 0.6) is 5.75 Å². The van der Waals surface area contributed by atoms with Gasteiger partial charge in [-0.25, -0.2) is 4.79 Å². The number of hydrogen-bond acceptors (Lipinski definition) is 5. The summed E-state index contributed by atoms with van der Waals surface area (Å²) in [7, 11) is 0. The number of para-hydroxylation sites is 1. The van der Waals surface area contributed by atoms with Gasteiger partial charge in [0.1, 0.15) is 19.0 Å². The van der Waals surface area contributed by atoms with Crippen molar-refractivity contribution >= 4 is 6.09 Å². The molecule has 6 heteroatoms. The van der Waals surface area contributed by atoms with Gasteiger partial charge in [0.15, 0.2) is 0 Å². The first-order valence-electron chi connectivity index (χ1n) is 11.3. The van der Waals surface area contributed by atoms with E-state index < -0.39 is 12.2 Å². The minimum absolute atomic E-state index is 0.120. The van der Waals surface area contributed by atoms with Crippen LogP contribution in [0.1, 0.15) is 11.1 Å². The summed E-state index contributed by atoms with van der Waals surface area (Å²) in [6.45, 7) is 2.69. The molecule has 1 unspecified atom stereocenters. The average Bonchev–Trinajstić information content (AvgIpc) is 2.86. The third-order valence-electron chi connectivity index (χ3n) is 5.14. The molecule has 2 N–H and O–H groups in total. The number of benzene rings is 3. The van der Waals surface area contributed by atoms with Gasteiger partial charge in [0.25, 0.3) is 0 Å². The molecule has 0 bridgehead atoms. The molecule has 3 aromatic rings. The second kappa shape index (κ2) is 13.9. The molecule has 0 aliphatic carbocycles. The molecule has 0 fully saturated rings. The minimum Gasteiger partial charge on any atom is -0.492 e. The number of nitrogens with one attached hydrogen (secondary N) is 1. The molecule has 0 aliphatic heterocycles. The van der Waals surface area contributed by atoms with Crippen LogP contribution in [-0.2, 0) is 17.8 Å². The van der Waals surface area contributed by atoms with Gasteiger partial charge in [0, 0.05) is 26.2 Å². The van der Waals surface area contributed by atoms with E-state index in [9.17, 15) is 9.90 Å². The van der Waals surface area contributed by atoms with Crippen molar-refractivity contribution in [1.29, 1.82) is 0 Å². The molecular formula is C27H32N2O4. The first kappa shape index (κ1) is 24.3. The van der Waals surface area contributed by atoms with E-state index in [2.05, 4.69) is 22.3 Å². The lowest BCUT2D eigenvalue weighted by Crippen LogP contribution is -2.42. The summed E-state index contributed by atoms with van der Waals surface area (Å²) in [6.07, 6.45) is -0.395. The van der Waals surface area contributed by atoms with E-state index in [1.165, 1.54) is 5.56 Å². The van der Waals surface area contributed by atoms with Crippen LogP contribution in [0, 0.1) is 0 Å². The summed E-state index contributed by atoms with van der Waals surface area (Å²) < 4.78 is 11.0. The number of amides is 1. The number of ether oxygens (including phenoxy) is 2. The van der Waals surface area contributed by atoms with Gasteiger partial charge in [-0.1, -0.05) is 78.9 Å². The van der Waals surface area contributed by atoms with Crippen molar-refractivity contribution < 1.29 is 19.4 Å². The predicted molar refractivity (Wildman–Crippen MR) is 129 cm³/mol. The van der Waals surface area contributed by atoms with E-state index in [1.54, 1.807) is 0 Å². The van der Waals surface area contributed by atoms with Crippen molar-refractivity contribution in [3.8, 4) is 5.75 Å². The maximum absolute atomic E-state index is 12.0. The molecule has 6 nitrogen and oxygen atoms in total. The largest absolute Gasteiger partial charge is 0.492 e. The van der Waals surface area contributed by atoms with Crippen LogP contribution in [-0.4, -0.2) is 55.0 Å². The van der Waals surface area contributed by atoms with Crippen molar-refractivity contribution in [1.82, 2.24) is 10.2 Å². The van der Waals surface area contributed by atoms with Crippen LogP contribution in [0.15, 0.2) is 91.0 Å². The number of aliphatic hydroxyl groups excluding tert-OH is 1. The SMILES string of the molecule is O=C(NCC(O)CN(CCOc1ccccc1)CCc1ccccc1)OCc1ccccc1. The second-order valence-corrected chi connectivity index (χ2v) is 7.79. The van der Waals surface area contributed by atoms with Crippen LogP contribution in [0.3, 0.4) is 0 Å². The lowest BCUT2D eigenvalue weighted by molar-refractivity contribution is 0.0942. The standard InChI is InChI=1S/C27H32N2O4/c30-25(20-28-27(31)33-22-24-12-6-2-7-13-24)21-29(17-16-23-10-4-1-5-11-23)18-19-32-26-14-8-3-9-15-26/h1-15,25,30H,16-22H2,(H,28,31). The van der Waals surface area contributed by atoms with Gasteiger partial charge in [-0.05, 0) is 29.7 Å². The van der Waals surface area contributed by atoms with Crippen molar-refractivity contribution in [3.05, 3.63) is 102 Å². The molecule has 0 aromatic heterocycles. The molecule has 0 aliphatic rings. The summed E-state index contributed by atoms with van der Waals surface area (Å²) in [6, 6.07) is 29.4. The Kier molecular flexibility index (Phi) is 10.3. The summed E-state index contributed by atoms with van der Waals surface area (Å²) in [4.78, 5) is 14.1. The fourth-order valence-corrected chi connectivity index (χ4v) is 3.37. The predicted octanol–water partition coefficient (Wildman–Crippen LogP) is 3.90. The molecule has 174 valence electrons. The van der Waals surface area contributed by atoms with Crippen LogP contribution < -0.4 is 10.1 Å². The van der Waals surface area contributed by atoms with Gasteiger partial charge < -0.3 is 19.9 Å². The number of hydrogen-bond donors (Lipinski definition) is 2.